The number of benzene rings is 2. The minimum atomic E-state index is 0.537. The van der Waals surface area contributed by atoms with Crippen LogP contribution in [0.5, 0.6) is 0 Å². The average molecular weight is 351 g/mol. The van der Waals surface area contributed by atoms with E-state index in [-0.39, 0.29) is 0 Å². The van der Waals surface area contributed by atoms with Crippen LogP contribution in [0.15, 0.2) is 60.7 Å². The van der Waals surface area contributed by atoms with Crippen molar-refractivity contribution in [2.24, 2.45) is 0 Å². The summed E-state index contributed by atoms with van der Waals surface area (Å²) < 4.78 is 0. The number of hydrogen-bond acceptors (Lipinski definition) is 4. The Kier molecular flexibility index (Phi) is 4.53. The van der Waals surface area contributed by atoms with Crippen LogP contribution in [0.4, 0.5) is 11.8 Å². The van der Waals surface area contributed by atoms with Crippen molar-refractivity contribution < 1.29 is 0 Å². The zero-order chi connectivity index (χ0) is 17.1. The van der Waals surface area contributed by atoms with Crippen LogP contribution >= 0.6 is 11.6 Å². The highest BCUT2D eigenvalue weighted by molar-refractivity contribution is 6.31. The van der Waals surface area contributed by atoms with Gasteiger partial charge in [0.1, 0.15) is 5.82 Å². The van der Waals surface area contributed by atoms with E-state index in [4.69, 9.17) is 11.6 Å². The first-order valence-corrected chi connectivity index (χ1v) is 8.84. The van der Waals surface area contributed by atoms with Crippen LogP contribution in [0.3, 0.4) is 0 Å². The topological polar surface area (TPSA) is 49.8 Å². The molecule has 0 bridgehead atoms. The van der Waals surface area contributed by atoms with E-state index in [1.807, 2.05) is 48.5 Å². The fourth-order valence-corrected chi connectivity index (χ4v) is 2.81. The van der Waals surface area contributed by atoms with Gasteiger partial charge in [0, 0.05) is 29.2 Å². The van der Waals surface area contributed by atoms with Gasteiger partial charge in [-0.3, -0.25) is 0 Å². The molecule has 1 aliphatic rings. The van der Waals surface area contributed by atoms with Crippen molar-refractivity contribution in [1.82, 2.24) is 9.97 Å². The van der Waals surface area contributed by atoms with Gasteiger partial charge in [-0.1, -0.05) is 60.1 Å². The Labute approximate surface area is 152 Å². The van der Waals surface area contributed by atoms with Crippen LogP contribution in [0, 0.1) is 0 Å². The molecule has 4 nitrogen and oxygen atoms in total. The van der Waals surface area contributed by atoms with Crippen molar-refractivity contribution in [3.8, 4) is 11.3 Å². The van der Waals surface area contributed by atoms with Crippen LogP contribution in [0.1, 0.15) is 18.4 Å². The smallest absolute Gasteiger partial charge is 0.225 e. The second-order valence-electron chi connectivity index (χ2n) is 6.19. The SMILES string of the molecule is Clc1ccccc1CNc1nc(NC2CC2)cc(-c2ccccc2)n1. The molecule has 126 valence electrons. The summed E-state index contributed by atoms with van der Waals surface area (Å²) in [7, 11) is 0. The maximum absolute atomic E-state index is 6.23. The van der Waals surface area contributed by atoms with E-state index in [1.54, 1.807) is 0 Å². The summed E-state index contributed by atoms with van der Waals surface area (Å²) in [5.74, 6) is 1.46. The Balaban J connectivity index is 1.60. The molecule has 1 aliphatic carbocycles. The van der Waals surface area contributed by atoms with E-state index >= 15 is 0 Å². The number of rotatable bonds is 6. The van der Waals surface area contributed by atoms with Gasteiger partial charge < -0.3 is 10.6 Å². The number of halogens is 1. The maximum Gasteiger partial charge on any atom is 0.225 e. The van der Waals surface area contributed by atoms with E-state index in [2.05, 4.69) is 32.7 Å². The lowest BCUT2D eigenvalue weighted by Crippen LogP contribution is -2.09. The van der Waals surface area contributed by atoms with Crippen molar-refractivity contribution in [3.05, 3.63) is 71.2 Å². The molecule has 0 atom stereocenters. The Bertz CT molecular complexity index is 863. The van der Waals surface area contributed by atoms with E-state index in [0.717, 1.165) is 27.7 Å². The number of anilines is 2. The molecule has 0 radical (unpaired) electrons. The normalized spacial score (nSPS) is 13.5. The molecule has 1 aromatic heterocycles. The molecule has 0 unspecified atom stereocenters. The Morgan fingerprint density at radius 2 is 1.72 bits per heavy atom. The highest BCUT2D eigenvalue weighted by Gasteiger charge is 2.22. The molecule has 1 fully saturated rings. The number of hydrogen-bond donors (Lipinski definition) is 2. The molecule has 0 amide bonds. The number of nitrogens with one attached hydrogen (secondary N) is 2. The molecule has 0 saturated heterocycles. The first-order valence-electron chi connectivity index (χ1n) is 8.46. The molecule has 1 saturated carbocycles. The maximum atomic E-state index is 6.23. The van der Waals surface area contributed by atoms with Gasteiger partial charge >= 0.3 is 0 Å². The van der Waals surface area contributed by atoms with Gasteiger partial charge in [0.05, 0.1) is 5.69 Å². The van der Waals surface area contributed by atoms with Gasteiger partial charge in [-0.25, -0.2) is 4.98 Å². The van der Waals surface area contributed by atoms with E-state index in [9.17, 15) is 0 Å². The van der Waals surface area contributed by atoms with Crippen molar-refractivity contribution in [3.63, 3.8) is 0 Å². The van der Waals surface area contributed by atoms with Gasteiger partial charge in [0.15, 0.2) is 0 Å². The zero-order valence-electron chi connectivity index (χ0n) is 13.7. The lowest BCUT2D eigenvalue weighted by Gasteiger charge is -2.11. The third-order valence-electron chi connectivity index (χ3n) is 4.12. The van der Waals surface area contributed by atoms with Gasteiger partial charge in [-0.05, 0) is 24.5 Å². The van der Waals surface area contributed by atoms with Gasteiger partial charge in [-0.15, -0.1) is 0 Å². The highest BCUT2D eigenvalue weighted by Crippen LogP contribution is 2.27. The summed E-state index contributed by atoms with van der Waals surface area (Å²) in [6.07, 6.45) is 2.40. The van der Waals surface area contributed by atoms with Crippen molar-refractivity contribution in [1.29, 1.82) is 0 Å². The third-order valence-corrected chi connectivity index (χ3v) is 4.49. The van der Waals surface area contributed by atoms with Crippen molar-refractivity contribution in [2.75, 3.05) is 10.6 Å². The predicted octanol–water partition coefficient (Wildman–Crippen LogP) is 4.98. The molecule has 2 aromatic carbocycles. The Morgan fingerprint density at radius 1 is 0.960 bits per heavy atom. The van der Waals surface area contributed by atoms with Crippen molar-refractivity contribution >= 4 is 23.4 Å². The molecule has 0 aliphatic heterocycles. The average Bonchev–Trinajstić information content (AvgIpc) is 3.46. The molecular formula is C20H19ClN4. The first-order chi connectivity index (χ1) is 12.3. The second kappa shape index (κ2) is 7.11. The lowest BCUT2D eigenvalue weighted by molar-refractivity contribution is 1.04. The van der Waals surface area contributed by atoms with Crippen molar-refractivity contribution in [2.45, 2.75) is 25.4 Å². The van der Waals surface area contributed by atoms with Gasteiger partial charge in [-0.2, -0.15) is 4.98 Å². The molecule has 5 heteroatoms. The van der Waals surface area contributed by atoms with Crippen LogP contribution in [0.25, 0.3) is 11.3 Å². The fraction of sp³-hybridized carbons (Fsp3) is 0.200. The first kappa shape index (κ1) is 15.9. The number of nitrogens with zero attached hydrogens (tertiary/aromatic N) is 2. The summed E-state index contributed by atoms with van der Waals surface area (Å²) in [5.41, 5.74) is 3.00. The minimum Gasteiger partial charge on any atom is -0.367 e. The quantitative estimate of drug-likeness (QED) is 0.658. The van der Waals surface area contributed by atoms with Crippen LogP contribution < -0.4 is 10.6 Å². The molecule has 3 aromatic rings. The molecule has 1 heterocycles. The Hall–Kier alpha value is -2.59. The third kappa shape index (κ3) is 4.09. The summed E-state index contributed by atoms with van der Waals surface area (Å²) in [4.78, 5) is 9.28. The van der Waals surface area contributed by atoms with Crippen LogP contribution in [-0.4, -0.2) is 16.0 Å². The van der Waals surface area contributed by atoms with Crippen LogP contribution in [-0.2, 0) is 6.54 Å². The standard InChI is InChI=1S/C20H19ClN4/c21-17-9-5-4-8-15(17)13-22-20-24-18(14-6-2-1-3-7-14)12-19(25-20)23-16-10-11-16/h1-9,12,16H,10-11,13H2,(H2,22,23,24,25). The molecule has 2 N–H and O–H groups in total. The highest BCUT2D eigenvalue weighted by atomic mass is 35.5. The molecule has 25 heavy (non-hydrogen) atoms. The van der Waals surface area contributed by atoms with Gasteiger partial charge in [0.25, 0.3) is 0 Å². The summed E-state index contributed by atoms with van der Waals surface area (Å²) in [5, 5.41) is 7.50. The zero-order valence-corrected chi connectivity index (χ0v) is 14.5. The minimum absolute atomic E-state index is 0.537. The fourth-order valence-electron chi connectivity index (χ4n) is 2.61. The monoisotopic (exact) mass is 350 g/mol. The molecule has 0 spiro atoms. The number of aromatic nitrogens is 2. The van der Waals surface area contributed by atoms with E-state index < -0.39 is 0 Å². The second-order valence-corrected chi connectivity index (χ2v) is 6.60. The molecular weight excluding hydrogens is 332 g/mol. The summed E-state index contributed by atoms with van der Waals surface area (Å²) >= 11 is 6.23. The lowest BCUT2D eigenvalue weighted by atomic mass is 10.1. The van der Waals surface area contributed by atoms with Crippen LogP contribution in [0.2, 0.25) is 5.02 Å². The van der Waals surface area contributed by atoms with Gasteiger partial charge in [0.2, 0.25) is 5.95 Å². The predicted molar refractivity (Wildman–Crippen MR) is 103 cm³/mol. The van der Waals surface area contributed by atoms with E-state index in [0.29, 0.717) is 18.5 Å². The largest absolute Gasteiger partial charge is 0.367 e. The molecule has 4 rings (SSSR count). The summed E-state index contributed by atoms with van der Waals surface area (Å²) in [6.45, 7) is 0.584. The van der Waals surface area contributed by atoms with E-state index in [1.165, 1.54) is 12.8 Å². The summed E-state index contributed by atoms with van der Waals surface area (Å²) in [6, 6.07) is 20.5. The Morgan fingerprint density at radius 3 is 2.48 bits per heavy atom.